The molecule has 2 N–H and O–H groups in total. The molecule has 1 fully saturated rings. The molecule has 6 nitrogen and oxygen atoms in total. The van der Waals surface area contributed by atoms with Crippen LogP contribution >= 0.6 is 23.2 Å². The van der Waals surface area contributed by atoms with Gasteiger partial charge < -0.3 is 10.6 Å². The summed E-state index contributed by atoms with van der Waals surface area (Å²) in [6.45, 7) is 1.02. The number of carbonyl (C=O) groups excluding carboxylic acids is 3. The zero-order valence-corrected chi connectivity index (χ0v) is 17.5. The number of rotatable bonds is 5. The summed E-state index contributed by atoms with van der Waals surface area (Å²) in [5, 5.41) is 4.79. The van der Waals surface area contributed by atoms with E-state index in [4.69, 9.17) is 23.2 Å². The van der Waals surface area contributed by atoms with E-state index >= 15 is 0 Å². The van der Waals surface area contributed by atoms with Crippen molar-refractivity contribution in [3.8, 4) is 0 Å². The zero-order chi connectivity index (χ0) is 23.0. The molecule has 1 heterocycles. The van der Waals surface area contributed by atoms with E-state index in [1.165, 1.54) is 6.07 Å². The number of halogens is 5. The van der Waals surface area contributed by atoms with Gasteiger partial charge in [-0.1, -0.05) is 42.3 Å². The monoisotopic (exact) mass is 473 g/mol. The van der Waals surface area contributed by atoms with Crippen molar-refractivity contribution in [3.63, 3.8) is 0 Å². The largest absolute Gasteiger partial charge is 0.417 e. The van der Waals surface area contributed by atoms with Crippen molar-refractivity contribution in [1.82, 2.24) is 10.2 Å². The molecule has 31 heavy (non-hydrogen) atoms. The number of alkyl halides is 3. The third kappa shape index (κ3) is 4.47. The van der Waals surface area contributed by atoms with Crippen LogP contribution in [0.25, 0.3) is 0 Å². The molecule has 1 aliphatic heterocycles. The number of carbonyl (C=O) groups is 3. The Kier molecular flexibility index (Phi) is 6.20. The molecule has 2 aromatic carbocycles. The van der Waals surface area contributed by atoms with Crippen LogP contribution in [0.4, 0.5) is 23.7 Å². The Labute approximate surface area is 185 Å². The second kappa shape index (κ2) is 8.39. The summed E-state index contributed by atoms with van der Waals surface area (Å²) in [5.41, 5.74) is -2.16. The van der Waals surface area contributed by atoms with Gasteiger partial charge in [0.1, 0.15) is 12.1 Å². The van der Waals surface area contributed by atoms with E-state index in [1.54, 1.807) is 31.2 Å². The number of nitrogens with one attached hydrogen (secondary N) is 2. The molecule has 0 aliphatic carbocycles. The maximum atomic E-state index is 13.0. The number of benzene rings is 2. The van der Waals surface area contributed by atoms with E-state index in [-0.39, 0.29) is 12.1 Å². The van der Waals surface area contributed by atoms with E-state index in [1.807, 2.05) is 0 Å². The number of nitrogens with zero attached hydrogens (tertiary/aromatic N) is 1. The number of hydrogen-bond donors (Lipinski definition) is 2. The summed E-state index contributed by atoms with van der Waals surface area (Å²) in [7, 11) is 0. The molecule has 0 saturated carbocycles. The van der Waals surface area contributed by atoms with Crippen molar-refractivity contribution in [1.29, 1.82) is 0 Å². The average molecular weight is 474 g/mol. The Morgan fingerprint density at radius 3 is 2.35 bits per heavy atom. The first-order valence-electron chi connectivity index (χ1n) is 9.04. The van der Waals surface area contributed by atoms with Gasteiger partial charge in [-0.05, 0) is 42.3 Å². The highest BCUT2D eigenvalue weighted by Gasteiger charge is 2.51. The predicted octanol–water partition coefficient (Wildman–Crippen LogP) is 4.81. The van der Waals surface area contributed by atoms with Crippen LogP contribution in [0.3, 0.4) is 0 Å². The molecule has 2 aromatic rings. The normalized spacial score (nSPS) is 18.8. The fourth-order valence-electron chi connectivity index (χ4n) is 3.31. The van der Waals surface area contributed by atoms with Crippen LogP contribution in [0.2, 0.25) is 10.0 Å². The summed E-state index contributed by atoms with van der Waals surface area (Å²) >= 11 is 11.4. The smallest absolute Gasteiger partial charge is 0.325 e. The maximum absolute atomic E-state index is 13.0. The molecule has 11 heteroatoms. The zero-order valence-electron chi connectivity index (χ0n) is 16.0. The molecule has 1 unspecified atom stereocenters. The van der Waals surface area contributed by atoms with E-state index in [2.05, 4.69) is 10.6 Å². The molecule has 0 radical (unpaired) electrons. The van der Waals surface area contributed by atoms with Crippen molar-refractivity contribution in [2.45, 2.75) is 25.1 Å². The lowest BCUT2D eigenvalue weighted by Crippen LogP contribution is -2.44. The summed E-state index contributed by atoms with van der Waals surface area (Å²) in [6, 6.07) is 8.41. The van der Waals surface area contributed by atoms with Crippen molar-refractivity contribution in [3.05, 3.63) is 63.6 Å². The van der Waals surface area contributed by atoms with Gasteiger partial charge in [-0.3, -0.25) is 14.5 Å². The Morgan fingerprint density at radius 1 is 1.13 bits per heavy atom. The van der Waals surface area contributed by atoms with Crippen molar-refractivity contribution in [2.75, 3.05) is 11.9 Å². The summed E-state index contributed by atoms with van der Waals surface area (Å²) in [4.78, 5) is 38.6. The Hall–Kier alpha value is -2.78. The van der Waals surface area contributed by atoms with E-state index < -0.39 is 46.7 Å². The van der Waals surface area contributed by atoms with E-state index in [0.717, 1.165) is 6.07 Å². The van der Waals surface area contributed by atoms with Crippen LogP contribution in [0, 0.1) is 0 Å². The van der Waals surface area contributed by atoms with Gasteiger partial charge in [0.2, 0.25) is 5.91 Å². The average Bonchev–Trinajstić information content (AvgIpc) is 2.94. The molecular weight excluding hydrogens is 458 g/mol. The molecule has 0 spiro atoms. The Morgan fingerprint density at radius 2 is 1.77 bits per heavy atom. The molecule has 1 aliphatic rings. The molecule has 3 rings (SSSR count). The van der Waals surface area contributed by atoms with E-state index in [9.17, 15) is 27.6 Å². The number of anilines is 1. The first-order chi connectivity index (χ1) is 14.5. The fraction of sp³-hybridized carbons (Fsp3) is 0.250. The lowest BCUT2D eigenvalue weighted by molar-refractivity contribution is -0.137. The lowest BCUT2D eigenvalue weighted by atomic mass is 9.87. The third-order valence-electron chi connectivity index (χ3n) is 4.90. The number of hydrogen-bond acceptors (Lipinski definition) is 3. The first kappa shape index (κ1) is 22.9. The topological polar surface area (TPSA) is 78.5 Å². The number of amides is 4. The Bertz CT molecular complexity index is 1040. The number of imide groups is 1. The van der Waals surface area contributed by atoms with E-state index in [0.29, 0.717) is 21.6 Å². The van der Waals surface area contributed by atoms with Crippen LogP contribution in [0.15, 0.2) is 42.5 Å². The minimum Gasteiger partial charge on any atom is -0.325 e. The van der Waals surface area contributed by atoms with Gasteiger partial charge in [-0.2, -0.15) is 13.2 Å². The van der Waals surface area contributed by atoms with Gasteiger partial charge >= 0.3 is 12.2 Å². The predicted molar refractivity (Wildman–Crippen MR) is 109 cm³/mol. The maximum Gasteiger partial charge on any atom is 0.417 e. The molecule has 0 aromatic heterocycles. The standard InChI is InChI=1S/C20H16Cl2F3N3O3/c1-2-19(11-3-5-12(21)6-4-11)17(30)28(18(31)27-19)10-16(29)26-13-7-8-15(22)14(9-13)20(23,24)25/h3-9H,2,10H2,1H3,(H,26,29)(H,27,31). The number of urea groups is 1. The molecule has 4 amide bonds. The minimum atomic E-state index is -4.71. The van der Waals surface area contributed by atoms with Crippen molar-refractivity contribution in [2.24, 2.45) is 0 Å². The first-order valence-corrected chi connectivity index (χ1v) is 9.80. The van der Waals surface area contributed by atoms with Crippen LogP contribution in [0.5, 0.6) is 0 Å². The summed E-state index contributed by atoms with van der Waals surface area (Å²) < 4.78 is 39.0. The van der Waals surface area contributed by atoms with Gasteiger partial charge in [0, 0.05) is 10.7 Å². The third-order valence-corrected chi connectivity index (χ3v) is 5.48. The Balaban J connectivity index is 1.78. The quantitative estimate of drug-likeness (QED) is 0.611. The molecule has 0 bridgehead atoms. The fourth-order valence-corrected chi connectivity index (χ4v) is 3.66. The second-order valence-corrected chi connectivity index (χ2v) is 7.67. The lowest BCUT2D eigenvalue weighted by Gasteiger charge is -2.25. The molecule has 164 valence electrons. The van der Waals surface area contributed by atoms with Crippen LogP contribution in [0.1, 0.15) is 24.5 Å². The van der Waals surface area contributed by atoms with Crippen LogP contribution < -0.4 is 10.6 Å². The van der Waals surface area contributed by atoms with Crippen molar-refractivity contribution >= 4 is 46.7 Å². The summed E-state index contributed by atoms with van der Waals surface area (Å²) in [6.07, 6.45) is -4.49. The highest BCUT2D eigenvalue weighted by Crippen LogP contribution is 2.36. The van der Waals surface area contributed by atoms with Gasteiger partial charge in [0.05, 0.1) is 10.6 Å². The molecule has 1 saturated heterocycles. The van der Waals surface area contributed by atoms with Gasteiger partial charge in [-0.25, -0.2) is 4.79 Å². The SMILES string of the molecule is CCC1(c2ccc(Cl)cc2)NC(=O)N(CC(=O)Nc2ccc(Cl)c(C(F)(F)F)c2)C1=O. The van der Waals surface area contributed by atoms with Gasteiger partial charge in [-0.15, -0.1) is 0 Å². The molecule has 1 atom stereocenters. The second-order valence-electron chi connectivity index (χ2n) is 6.83. The van der Waals surface area contributed by atoms with Gasteiger partial charge in [0.15, 0.2) is 0 Å². The molecular formula is C20H16Cl2F3N3O3. The van der Waals surface area contributed by atoms with Gasteiger partial charge in [0.25, 0.3) is 5.91 Å². The van der Waals surface area contributed by atoms with Crippen LogP contribution in [-0.4, -0.2) is 29.3 Å². The highest BCUT2D eigenvalue weighted by atomic mass is 35.5. The highest BCUT2D eigenvalue weighted by molar-refractivity contribution is 6.31. The minimum absolute atomic E-state index is 0.173. The van der Waals surface area contributed by atoms with Crippen molar-refractivity contribution < 1.29 is 27.6 Å². The summed E-state index contributed by atoms with van der Waals surface area (Å²) in [5.74, 6) is -1.49. The van der Waals surface area contributed by atoms with Crippen LogP contribution in [-0.2, 0) is 21.3 Å².